The second kappa shape index (κ2) is 14.5. The molecule has 2 aliphatic carbocycles. The van der Waals surface area contributed by atoms with Crippen LogP contribution in [0.15, 0.2) is 96.1 Å². The molecule has 0 spiro atoms. The summed E-state index contributed by atoms with van der Waals surface area (Å²) in [5.41, 5.74) is 17.9. The molecule has 0 saturated heterocycles. The van der Waals surface area contributed by atoms with Crippen LogP contribution >= 0.6 is 0 Å². The third kappa shape index (κ3) is 6.74. The van der Waals surface area contributed by atoms with Crippen LogP contribution in [0.1, 0.15) is 116 Å². The van der Waals surface area contributed by atoms with Gasteiger partial charge in [0.2, 0.25) is 0 Å². The molecule has 4 aromatic rings. The number of allylic oxidation sites excluding steroid dienone is 2. The standard InChI is InChI=1S/2C21H23.C2H4.CH3.2ClH.Hf/c2*1-5-15-13-17-7-6-8-19(20(17)14-15)16-9-11-18(12-10-16)21(2,3)4;1-2;;;;/h2*6-14H,5H2,1-4H3;1H,2H3;1H3;2*1H;/q;;;;;;+2/p-2. The molecule has 0 bridgehead atoms. The van der Waals surface area contributed by atoms with Crippen molar-refractivity contribution in [3.05, 3.63) is 129 Å². The van der Waals surface area contributed by atoms with Gasteiger partial charge in [0.15, 0.2) is 0 Å². The van der Waals surface area contributed by atoms with Crippen LogP contribution in [0.25, 0.3) is 34.4 Å². The number of fused-ring (bicyclic) bond motifs is 2. The Labute approximate surface area is 307 Å². The molecule has 3 heteroatoms. The molecule has 0 amide bonds. The fourth-order valence-electron chi connectivity index (χ4n) is 8.31. The van der Waals surface area contributed by atoms with Gasteiger partial charge in [-0.05, 0) is 0 Å². The summed E-state index contributed by atoms with van der Waals surface area (Å²) in [7, 11) is 0. The van der Waals surface area contributed by atoms with Gasteiger partial charge in [0.05, 0.1) is 0 Å². The van der Waals surface area contributed by atoms with Crippen LogP contribution in [0.4, 0.5) is 0 Å². The smallest absolute Gasteiger partial charge is 1.00 e. The maximum Gasteiger partial charge on any atom is -1.00 e. The van der Waals surface area contributed by atoms with E-state index in [1.54, 1.807) is 22.3 Å². The van der Waals surface area contributed by atoms with Gasteiger partial charge >= 0.3 is 285 Å². The molecule has 0 heterocycles. The van der Waals surface area contributed by atoms with Crippen LogP contribution in [-0.4, -0.2) is 3.76 Å². The first kappa shape index (κ1) is 38.5. The molecule has 2 atom stereocenters. The Morgan fingerprint density at radius 1 is 0.562 bits per heavy atom. The van der Waals surface area contributed by atoms with Gasteiger partial charge in [-0.3, -0.25) is 0 Å². The molecular formula is C45H53Cl2Hf. The molecule has 0 saturated carbocycles. The average molecular weight is 843 g/mol. The Bertz CT molecular complexity index is 1760. The molecule has 0 nitrogen and oxygen atoms in total. The average Bonchev–Trinajstić information content (AvgIpc) is 3.63. The fraction of sp³-hybridized carbons (Fsp3) is 0.356. The van der Waals surface area contributed by atoms with Crippen LogP contribution in [0, 0.1) is 0 Å². The zero-order valence-corrected chi connectivity index (χ0v) is 35.7. The molecule has 2 unspecified atom stereocenters. The Hall–Kier alpha value is -2.32. The summed E-state index contributed by atoms with van der Waals surface area (Å²) < 4.78 is 6.61. The normalized spacial score (nSPS) is 17.4. The predicted octanol–water partition coefficient (Wildman–Crippen LogP) is 7.04. The van der Waals surface area contributed by atoms with E-state index in [9.17, 15) is 0 Å². The maximum absolute atomic E-state index is 3.32. The Kier molecular flexibility index (Phi) is 11.6. The zero-order chi connectivity index (χ0) is 33.0. The first-order valence-electron chi connectivity index (χ1n) is 17.5. The molecule has 251 valence electrons. The molecule has 48 heavy (non-hydrogen) atoms. The zero-order valence-electron chi connectivity index (χ0n) is 30.6. The van der Waals surface area contributed by atoms with E-state index in [0.717, 1.165) is 12.8 Å². The third-order valence-corrected chi connectivity index (χ3v) is 29.4. The summed E-state index contributed by atoms with van der Waals surface area (Å²) in [6.45, 7) is 20.9. The van der Waals surface area contributed by atoms with Gasteiger partial charge in [-0.15, -0.1) is 0 Å². The van der Waals surface area contributed by atoms with Gasteiger partial charge in [-0.2, -0.15) is 0 Å². The SMILES string of the molecule is C[CH]=[Hf+2]([CH3])([CH]1C(CC)=Cc2c(-c3ccc(C(C)(C)C)cc3)cccc21)[CH]1C(CC)=Cc2c(-c3ccc(C(C)(C)C)cc3)cccc21.[Cl-].[Cl-]. The minimum absolute atomic E-state index is 0. The Morgan fingerprint density at radius 2 is 0.917 bits per heavy atom. The van der Waals surface area contributed by atoms with Gasteiger partial charge < -0.3 is 24.8 Å². The second-order valence-electron chi connectivity index (χ2n) is 15.9. The van der Waals surface area contributed by atoms with E-state index in [1.165, 1.54) is 44.5 Å². The van der Waals surface area contributed by atoms with Crippen LogP contribution in [0.3, 0.4) is 0 Å². The van der Waals surface area contributed by atoms with E-state index in [0.29, 0.717) is 7.35 Å². The molecule has 0 fully saturated rings. The second-order valence-corrected chi connectivity index (χ2v) is 32.0. The van der Waals surface area contributed by atoms with Crippen molar-refractivity contribution < 1.29 is 44.3 Å². The van der Waals surface area contributed by atoms with Crippen molar-refractivity contribution in [2.24, 2.45) is 0 Å². The van der Waals surface area contributed by atoms with Crippen molar-refractivity contribution in [2.75, 3.05) is 0 Å². The monoisotopic (exact) mass is 843 g/mol. The van der Waals surface area contributed by atoms with Gasteiger partial charge in [0, 0.05) is 0 Å². The number of rotatable bonds is 6. The first-order valence-corrected chi connectivity index (χ1v) is 27.3. The van der Waals surface area contributed by atoms with Crippen LogP contribution in [0.5, 0.6) is 0 Å². The van der Waals surface area contributed by atoms with E-state index >= 15 is 0 Å². The van der Waals surface area contributed by atoms with Crippen LogP contribution < -0.4 is 24.8 Å². The minimum Gasteiger partial charge on any atom is -1.00 e. The number of halogens is 2. The summed E-state index contributed by atoms with van der Waals surface area (Å²) in [6.07, 6.45) is 7.40. The minimum atomic E-state index is -3.32. The molecular weight excluding hydrogens is 790 g/mol. The van der Waals surface area contributed by atoms with E-state index in [1.807, 2.05) is 0 Å². The van der Waals surface area contributed by atoms with Crippen molar-refractivity contribution in [1.29, 1.82) is 0 Å². The van der Waals surface area contributed by atoms with Crippen molar-refractivity contribution >= 4 is 15.9 Å². The molecule has 0 radical (unpaired) electrons. The Balaban J connectivity index is 0.00000260. The number of hydrogen-bond acceptors (Lipinski definition) is 0. The quantitative estimate of drug-likeness (QED) is 0.183. The predicted molar refractivity (Wildman–Crippen MR) is 201 cm³/mol. The number of benzene rings is 4. The van der Waals surface area contributed by atoms with E-state index in [-0.39, 0.29) is 35.6 Å². The maximum atomic E-state index is 2.76. The number of hydrogen-bond donors (Lipinski definition) is 0. The molecule has 6 rings (SSSR count). The first-order chi connectivity index (χ1) is 21.8. The van der Waals surface area contributed by atoms with E-state index in [4.69, 9.17) is 0 Å². The van der Waals surface area contributed by atoms with Crippen molar-refractivity contribution in [1.82, 2.24) is 0 Å². The molecule has 0 aromatic heterocycles. The van der Waals surface area contributed by atoms with Crippen molar-refractivity contribution in [3.63, 3.8) is 0 Å². The Morgan fingerprint density at radius 3 is 1.21 bits per heavy atom. The summed E-state index contributed by atoms with van der Waals surface area (Å²) in [6, 6.07) is 33.0. The summed E-state index contributed by atoms with van der Waals surface area (Å²) in [5.74, 6) is 0. The van der Waals surface area contributed by atoms with Gasteiger partial charge in [0.25, 0.3) is 0 Å². The molecule has 4 aromatic carbocycles. The van der Waals surface area contributed by atoms with Crippen LogP contribution in [-0.2, 0) is 30.3 Å². The summed E-state index contributed by atoms with van der Waals surface area (Å²) in [4.78, 5) is 0. The van der Waals surface area contributed by atoms with Crippen molar-refractivity contribution in [2.45, 2.75) is 98.0 Å². The summed E-state index contributed by atoms with van der Waals surface area (Å²) in [5, 5.41) is 0. The summed E-state index contributed by atoms with van der Waals surface area (Å²) >= 11 is -3.32. The van der Waals surface area contributed by atoms with E-state index < -0.39 is 19.5 Å². The third-order valence-electron chi connectivity index (χ3n) is 11.1. The largest absolute Gasteiger partial charge is 1.00 e. The molecule has 0 N–H and O–H groups in total. The molecule has 2 aliphatic rings. The van der Waals surface area contributed by atoms with Crippen molar-refractivity contribution in [3.8, 4) is 22.3 Å². The van der Waals surface area contributed by atoms with Gasteiger partial charge in [-0.25, -0.2) is 0 Å². The van der Waals surface area contributed by atoms with Crippen LogP contribution in [0.2, 0.25) is 4.68 Å². The van der Waals surface area contributed by atoms with Gasteiger partial charge in [-0.1, -0.05) is 0 Å². The van der Waals surface area contributed by atoms with E-state index in [2.05, 4.69) is 168 Å². The van der Waals surface area contributed by atoms with Gasteiger partial charge in [0.1, 0.15) is 0 Å². The fourth-order valence-corrected chi connectivity index (χ4v) is 26.3. The molecule has 0 aliphatic heterocycles. The topological polar surface area (TPSA) is 0 Å².